The Kier molecular flexibility index (Phi) is 9.21. The van der Waals surface area contributed by atoms with Crippen LogP contribution < -0.4 is 9.80 Å². The van der Waals surface area contributed by atoms with E-state index in [1.807, 2.05) is 0 Å². The van der Waals surface area contributed by atoms with Gasteiger partial charge in [-0.25, -0.2) is 0 Å². The van der Waals surface area contributed by atoms with Crippen LogP contribution in [0.25, 0.3) is 11.1 Å². The highest BCUT2D eigenvalue weighted by Crippen LogP contribution is 2.60. The van der Waals surface area contributed by atoms with Crippen molar-refractivity contribution in [3.63, 3.8) is 0 Å². The molecule has 51 heavy (non-hydrogen) atoms. The molecule has 0 spiro atoms. The summed E-state index contributed by atoms with van der Waals surface area (Å²) in [4.78, 5) is 4.65. The van der Waals surface area contributed by atoms with Crippen LogP contribution in [0.1, 0.15) is 53.5 Å². The Morgan fingerprint density at radius 1 is 0.431 bits per heavy atom. The van der Waals surface area contributed by atoms with Crippen molar-refractivity contribution >= 4 is 34.1 Å². The molecule has 0 heterocycles. The van der Waals surface area contributed by atoms with Crippen molar-refractivity contribution in [1.29, 1.82) is 0 Å². The van der Waals surface area contributed by atoms with Crippen LogP contribution in [-0.2, 0) is 6.42 Å². The molecule has 7 rings (SSSR count). The number of benzene rings is 6. The zero-order chi connectivity index (χ0) is 35.6. The Hall–Kier alpha value is -5.34. The maximum absolute atomic E-state index is 2.51. The zero-order valence-corrected chi connectivity index (χ0v) is 31.0. The van der Waals surface area contributed by atoms with Gasteiger partial charge in [-0.3, -0.25) is 0 Å². The van der Waals surface area contributed by atoms with Crippen LogP contribution in [0.15, 0.2) is 175 Å². The molecule has 1 aliphatic rings. The Morgan fingerprint density at radius 3 is 1.10 bits per heavy atom. The number of allylic oxidation sites excluding steroid dienone is 2. The minimum Gasteiger partial charge on any atom is -0.311 e. The molecule has 0 amide bonds. The third-order valence-electron chi connectivity index (χ3n) is 10.8. The Labute approximate surface area is 305 Å². The second-order valence-electron chi connectivity index (χ2n) is 16.1. The van der Waals surface area contributed by atoms with Gasteiger partial charge in [-0.1, -0.05) is 144 Å². The fourth-order valence-corrected chi connectivity index (χ4v) is 7.95. The summed E-state index contributed by atoms with van der Waals surface area (Å²) in [7, 11) is 0. The standard InChI is InChI=1S/C49H50N2/c1-47(2,3)36-49(6)40(35-48(49,4)5)34-37-22-28-44(29-23-37)51(43-20-14-9-15-21-43)46-32-26-39(27-33-46)38-24-30-45(31-25-38)50(41-16-10-7-11-17-41)42-18-12-8-13-19-42/h7-33,35H,34,36H2,1-6H3. The van der Waals surface area contributed by atoms with E-state index < -0.39 is 0 Å². The van der Waals surface area contributed by atoms with Crippen LogP contribution in [-0.4, -0.2) is 0 Å². The van der Waals surface area contributed by atoms with E-state index in [1.54, 1.807) is 5.57 Å². The molecule has 2 heteroatoms. The molecule has 0 aliphatic heterocycles. The normalized spacial score (nSPS) is 16.5. The number of para-hydroxylation sites is 3. The monoisotopic (exact) mass is 666 g/mol. The molecule has 2 nitrogen and oxygen atoms in total. The summed E-state index contributed by atoms with van der Waals surface area (Å²) in [5, 5.41) is 0. The van der Waals surface area contributed by atoms with Crippen molar-refractivity contribution in [2.24, 2.45) is 16.2 Å². The fraction of sp³-hybridized carbons (Fsp3) is 0.224. The Bertz CT molecular complexity index is 2030. The summed E-state index contributed by atoms with van der Waals surface area (Å²) in [5.74, 6) is 0. The lowest BCUT2D eigenvalue weighted by atomic mass is 9.49. The average molecular weight is 667 g/mol. The van der Waals surface area contributed by atoms with Gasteiger partial charge >= 0.3 is 0 Å². The first-order valence-corrected chi connectivity index (χ1v) is 18.3. The van der Waals surface area contributed by atoms with E-state index in [9.17, 15) is 0 Å². The lowest BCUT2D eigenvalue weighted by molar-refractivity contribution is 0.0772. The summed E-state index contributed by atoms with van der Waals surface area (Å²) in [6.45, 7) is 14.4. The highest BCUT2D eigenvalue weighted by atomic mass is 15.1. The van der Waals surface area contributed by atoms with Gasteiger partial charge in [0.1, 0.15) is 0 Å². The number of rotatable bonds is 10. The fourth-order valence-electron chi connectivity index (χ4n) is 7.95. The molecule has 6 aromatic rings. The van der Waals surface area contributed by atoms with Gasteiger partial charge in [-0.05, 0) is 119 Å². The Balaban J connectivity index is 1.13. The summed E-state index contributed by atoms with van der Waals surface area (Å²) in [5.41, 5.74) is 12.9. The molecule has 0 saturated heterocycles. The van der Waals surface area contributed by atoms with Gasteiger partial charge in [0, 0.05) is 34.1 Å². The Morgan fingerprint density at radius 2 is 0.765 bits per heavy atom. The molecule has 0 radical (unpaired) electrons. The zero-order valence-electron chi connectivity index (χ0n) is 31.0. The van der Waals surface area contributed by atoms with E-state index in [1.165, 1.54) is 23.1 Å². The molecule has 0 bridgehead atoms. The highest BCUT2D eigenvalue weighted by Gasteiger charge is 2.51. The van der Waals surface area contributed by atoms with Crippen molar-refractivity contribution in [3.05, 3.63) is 181 Å². The number of hydrogen-bond acceptors (Lipinski definition) is 2. The predicted octanol–water partition coefficient (Wildman–Crippen LogP) is 14.2. The third kappa shape index (κ3) is 7.14. The van der Waals surface area contributed by atoms with Crippen molar-refractivity contribution < 1.29 is 0 Å². The van der Waals surface area contributed by atoms with Crippen molar-refractivity contribution in [3.8, 4) is 11.1 Å². The second-order valence-corrected chi connectivity index (χ2v) is 16.1. The van der Waals surface area contributed by atoms with Gasteiger partial charge in [-0.15, -0.1) is 0 Å². The molecule has 1 atom stereocenters. The van der Waals surface area contributed by atoms with Crippen molar-refractivity contribution in [1.82, 2.24) is 0 Å². The van der Waals surface area contributed by atoms with Gasteiger partial charge in [0.2, 0.25) is 0 Å². The van der Waals surface area contributed by atoms with Crippen LogP contribution in [0, 0.1) is 16.2 Å². The van der Waals surface area contributed by atoms with E-state index in [0.29, 0.717) is 0 Å². The second kappa shape index (κ2) is 13.8. The SMILES string of the molecule is CC(C)(C)CC1(C)C(Cc2ccc(N(c3ccccc3)c3ccc(-c4ccc(N(c5ccccc5)c5ccccc5)cc4)cc3)cc2)=CC1(C)C. The largest absolute Gasteiger partial charge is 0.311 e. The summed E-state index contributed by atoms with van der Waals surface area (Å²) < 4.78 is 0. The average Bonchev–Trinajstić information content (AvgIpc) is 3.14. The molecule has 1 unspecified atom stereocenters. The smallest absolute Gasteiger partial charge is 0.0462 e. The van der Waals surface area contributed by atoms with Gasteiger partial charge < -0.3 is 9.80 Å². The number of nitrogens with zero attached hydrogens (tertiary/aromatic N) is 2. The number of anilines is 6. The summed E-state index contributed by atoms with van der Waals surface area (Å²) in [6.07, 6.45) is 4.71. The van der Waals surface area contributed by atoms with Gasteiger partial charge in [-0.2, -0.15) is 0 Å². The van der Waals surface area contributed by atoms with Crippen molar-refractivity contribution in [2.45, 2.75) is 54.4 Å². The van der Waals surface area contributed by atoms with Crippen LogP contribution in [0.3, 0.4) is 0 Å². The molecule has 0 fully saturated rings. The van der Waals surface area contributed by atoms with E-state index in [2.05, 4.69) is 221 Å². The minimum atomic E-state index is 0.214. The van der Waals surface area contributed by atoms with E-state index in [4.69, 9.17) is 0 Å². The van der Waals surface area contributed by atoms with Crippen LogP contribution in [0.5, 0.6) is 0 Å². The quantitative estimate of drug-likeness (QED) is 0.134. The van der Waals surface area contributed by atoms with E-state index >= 15 is 0 Å². The van der Waals surface area contributed by atoms with Gasteiger partial charge in [0.25, 0.3) is 0 Å². The molecule has 0 aromatic heterocycles. The first-order valence-electron chi connectivity index (χ1n) is 18.3. The van der Waals surface area contributed by atoms with E-state index in [-0.39, 0.29) is 16.2 Å². The summed E-state index contributed by atoms with van der Waals surface area (Å²) >= 11 is 0. The molecule has 0 N–H and O–H groups in total. The maximum atomic E-state index is 2.51. The molecule has 256 valence electrons. The first-order chi connectivity index (χ1) is 24.5. The van der Waals surface area contributed by atoms with Gasteiger partial charge in [0.15, 0.2) is 0 Å². The van der Waals surface area contributed by atoms with Gasteiger partial charge in [0.05, 0.1) is 0 Å². The van der Waals surface area contributed by atoms with Crippen LogP contribution in [0.4, 0.5) is 34.1 Å². The van der Waals surface area contributed by atoms with Crippen LogP contribution >= 0.6 is 0 Å². The van der Waals surface area contributed by atoms with Crippen molar-refractivity contribution in [2.75, 3.05) is 9.80 Å². The lowest BCUT2D eigenvalue weighted by Crippen LogP contribution is -2.46. The first kappa shape index (κ1) is 34.1. The van der Waals surface area contributed by atoms with Crippen LogP contribution in [0.2, 0.25) is 0 Å². The topological polar surface area (TPSA) is 6.48 Å². The highest BCUT2D eigenvalue weighted by molar-refractivity contribution is 5.80. The molecular formula is C49H50N2. The molecule has 6 aromatic carbocycles. The molecule has 1 aliphatic carbocycles. The predicted molar refractivity (Wildman–Crippen MR) is 219 cm³/mol. The number of hydrogen-bond donors (Lipinski definition) is 0. The lowest BCUT2D eigenvalue weighted by Gasteiger charge is -2.56. The minimum absolute atomic E-state index is 0.214. The maximum Gasteiger partial charge on any atom is 0.0462 e. The third-order valence-corrected chi connectivity index (χ3v) is 10.8. The summed E-state index contributed by atoms with van der Waals surface area (Å²) in [6, 6.07) is 58.8. The molecule has 0 saturated carbocycles. The van der Waals surface area contributed by atoms with E-state index in [0.717, 1.165) is 40.5 Å². The molecular weight excluding hydrogens is 617 g/mol.